The Morgan fingerprint density at radius 1 is 1.47 bits per heavy atom. The van der Waals surface area contributed by atoms with Crippen LogP contribution in [0.5, 0.6) is 0 Å². The Kier molecular flexibility index (Phi) is 4.01. The summed E-state index contributed by atoms with van der Waals surface area (Å²) in [5.74, 6) is -0.375. The Labute approximate surface area is 109 Å². The largest absolute Gasteiger partial charge is 0.457 e. The van der Waals surface area contributed by atoms with Gasteiger partial charge in [0.15, 0.2) is 0 Å². The van der Waals surface area contributed by atoms with Crippen LogP contribution in [-0.4, -0.2) is 28.8 Å². The van der Waals surface area contributed by atoms with Crippen LogP contribution in [0.1, 0.15) is 34.0 Å². The minimum absolute atomic E-state index is 0.112. The second-order valence-electron chi connectivity index (χ2n) is 4.25. The first-order chi connectivity index (χ1) is 9.13. The lowest BCUT2D eigenvalue weighted by molar-refractivity contribution is 0.0150. The highest BCUT2D eigenvalue weighted by molar-refractivity contribution is 5.93. The van der Waals surface area contributed by atoms with Gasteiger partial charge in [-0.25, -0.2) is 4.79 Å². The van der Waals surface area contributed by atoms with Crippen LogP contribution in [0, 0.1) is 0 Å². The van der Waals surface area contributed by atoms with E-state index in [1.807, 2.05) is 0 Å². The van der Waals surface area contributed by atoms with Gasteiger partial charge in [-0.15, -0.1) is 0 Å². The van der Waals surface area contributed by atoms with E-state index in [1.54, 1.807) is 18.2 Å². The van der Waals surface area contributed by atoms with Crippen LogP contribution in [0.3, 0.4) is 0 Å². The molecule has 0 amide bonds. The number of carbonyl (C=O) groups is 1. The number of hydrogen-bond acceptors (Lipinski definition) is 5. The molecule has 0 saturated carbocycles. The molecule has 7 heteroatoms. The Balaban J connectivity index is 2.09. The molecule has 0 radical (unpaired) electrons. The van der Waals surface area contributed by atoms with Gasteiger partial charge in [0.05, 0.1) is 11.7 Å². The number of fused-ring (bicyclic) bond motifs is 1. The van der Waals surface area contributed by atoms with Crippen molar-refractivity contribution >= 4 is 5.97 Å². The number of benzene rings is 1. The van der Waals surface area contributed by atoms with Crippen molar-refractivity contribution in [2.24, 2.45) is 5.11 Å². The predicted octanol–water partition coefficient (Wildman–Crippen LogP) is 1.45. The summed E-state index contributed by atoms with van der Waals surface area (Å²) in [5.41, 5.74) is 9.82. The van der Waals surface area contributed by atoms with Crippen molar-refractivity contribution in [3.8, 4) is 0 Å². The van der Waals surface area contributed by atoms with E-state index in [4.69, 9.17) is 10.3 Å². The number of rotatable bonds is 5. The zero-order valence-electron chi connectivity index (χ0n) is 10.1. The highest BCUT2D eigenvalue weighted by Gasteiger charge is 2.24. The maximum Gasteiger partial charge on any atom is 0.338 e. The number of nitrogens with zero attached hydrogens (tertiary/aromatic N) is 3. The first kappa shape index (κ1) is 13.4. The zero-order valence-corrected chi connectivity index (χ0v) is 10.1. The molecule has 0 saturated heterocycles. The molecule has 0 fully saturated rings. The average molecular weight is 263 g/mol. The van der Waals surface area contributed by atoms with Crippen molar-refractivity contribution in [2.45, 2.75) is 25.2 Å². The highest BCUT2D eigenvalue weighted by Crippen LogP contribution is 2.26. The maximum absolute atomic E-state index is 11.3. The van der Waals surface area contributed by atoms with Gasteiger partial charge in [0.1, 0.15) is 12.7 Å². The summed E-state index contributed by atoms with van der Waals surface area (Å²) in [4.78, 5) is 13.8. The van der Waals surface area contributed by atoms with Gasteiger partial charge >= 0.3 is 5.97 Å². The van der Waals surface area contributed by atoms with E-state index in [0.717, 1.165) is 0 Å². The fourth-order valence-electron chi connectivity index (χ4n) is 1.95. The summed E-state index contributed by atoms with van der Waals surface area (Å²) >= 11 is 0. The van der Waals surface area contributed by atoms with Crippen LogP contribution in [-0.2, 0) is 11.3 Å². The number of ether oxygens (including phenoxy) is 1. The highest BCUT2D eigenvalue weighted by atomic mass is 16.5. The molecule has 1 aliphatic heterocycles. The van der Waals surface area contributed by atoms with E-state index in [9.17, 15) is 15.0 Å². The normalized spacial score (nSPS) is 16.2. The molecule has 100 valence electrons. The van der Waals surface area contributed by atoms with Gasteiger partial charge in [0, 0.05) is 17.0 Å². The number of hydrogen-bond donors (Lipinski definition) is 2. The SMILES string of the molecule is [N-]=[N+]=NCCC(O)C(O)c1ccc2c(c1)COC2=O. The number of esters is 1. The maximum atomic E-state index is 11.3. The lowest BCUT2D eigenvalue weighted by atomic mass is 9.98. The first-order valence-corrected chi connectivity index (χ1v) is 5.80. The lowest BCUT2D eigenvalue weighted by Crippen LogP contribution is -2.19. The zero-order chi connectivity index (χ0) is 13.8. The summed E-state index contributed by atoms with van der Waals surface area (Å²) < 4.78 is 4.86. The second-order valence-corrected chi connectivity index (χ2v) is 4.25. The molecule has 1 aromatic carbocycles. The van der Waals surface area contributed by atoms with Crippen LogP contribution >= 0.6 is 0 Å². The van der Waals surface area contributed by atoms with Gasteiger partial charge in [-0.3, -0.25) is 0 Å². The van der Waals surface area contributed by atoms with Gasteiger partial charge in [-0.1, -0.05) is 11.2 Å². The third-order valence-corrected chi connectivity index (χ3v) is 3.00. The molecule has 2 rings (SSSR count). The van der Waals surface area contributed by atoms with Gasteiger partial charge < -0.3 is 14.9 Å². The molecule has 7 nitrogen and oxygen atoms in total. The fraction of sp³-hybridized carbons (Fsp3) is 0.417. The Hall–Kier alpha value is -2.08. The van der Waals surface area contributed by atoms with Crippen LogP contribution in [0.4, 0.5) is 0 Å². The molecular formula is C12H13N3O4. The van der Waals surface area contributed by atoms with Crippen LogP contribution < -0.4 is 0 Å². The number of aliphatic hydroxyl groups excluding tert-OH is 2. The summed E-state index contributed by atoms with van der Waals surface area (Å²) in [6.45, 7) is 0.296. The van der Waals surface area contributed by atoms with Crippen LogP contribution in [0.2, 0.25) is 0 Å². The van der Waals surface area contributed by atoms with Gasteiger partial charge in [-0.05, 0) is 29.6 Å². The summed E-state index contributed by atoms with van der Waals surface area (Å²) in [5, 5.41) is 23.0. The van der Waals surface area contributed by atoms with E-state index in [0.29, 0.717) is 16.7 Å². The van der Waals surface area contributed by atoms with E-state index < -0.39 is 12.2 Å². The molecule has 0 aromatic heterocycles. The van der Waals surface area contributed by atoms with Crippen molar-refractivity contribution in [1.82, 2.24) is 0 Å². The molecule has 0 aliphatic carbocycles. The minimum Gasteiger partial charge on any atom is -0.457 e. The number of aliphatic hydroxyl groups is 2. The topological polar surface area (TPSA) is 116 Å². The van der Waals surface area contributed by atoms with Crippen molar-refractivity contribution in [3.05, 3.63) is 45.3 Å². The molecule has 1 aromatic rings. The third kappa shape index (κ3) is 2.85. The molecule has 2 N–H and O–H groups in total. The molecule has 2 atom stereocenters. The van der Waals surface area contributed by atoms with Crippen molar-refractivity contribution in [3.63, 3.8) is 0 Å². The van der Waals surface area contributed by atoms with Crippen LogP contribution in [0.15, 0.2) is 23.3 Å². The van der Waals surface area contributed by atoms with Crippen molar-refractivity contribution < 1.29 is 19.7 Å². The first-order valence-electron chi connectivity index (χ1n) is 5.80. The number of carbonyl (C=O) groups excluding carboxylic acids is 1. The molecular weight excluding hydrogens is 250 g/mol. The number of cyclic esters (lactones) is 1. The molecule has 0 spiro atoms. The van der Waals surface area contributed by atoms with E-state index in [1.165, 1.54) is 0 Å². The average Bonchev–Trinajstić information content (AvgIpc) is 2.79. The van der Waals surface area contributed by atoms with Crippen LogP contribution in [0.25, 0.3) is 10.4 Å². The fourth-order valence-corrected chi connectivity index (χ4v) is 1.95. The molecule has 2 unspecified atom stereocenters. The summed E-state index contributed by atoms with van der Waals surface area (Å²) in [6.07, 6.45) is -1.95. The summed E-state index contributed by atoms with van der Waals surface area (Å²) in [6, 6.07) is 4.79. The van der Waals surface area contributed by atoms with Crippen molar-refractivity contribution in [2.75, 3.05) is 6.54 Å². The van der Waals surface area contributed by atoms with Crippen molar-refractivity contribution in [1.29, 1.82) is 0 Å². The number of azide groups is 1. The molecule has 1 heterocycles. The van der Waals surface area contributed by atoms with Gasteiger partial charge in [0.2, 0.25) is 0 Å². The Bertz CT molecular complexity index is 540. The van der Waals surface area contributed by atoms with E-state index >= 15 is 0 Å². The van der Waals surface area contributed by atoms with E-state index in [-0.39, 0.29) is 25.5 Å². The van der Waals surface area contributed by atoms with E-state index in [2.05, 4.69) is 10.0 Å². The quantitative estimate of drug-likeness (QED) is 0.362. The lowest BCUT2D eigenvalue weighted by Gasteiger charge is -2.17. The Morgan fingerprint density at radius 3 is 3.00 bits per heavy atom. The smallest absolute Gasteiger partial charge is 0.338 e. The molecule has 0 bridgehead atoms. The predicted molar refractivity (Wildman–Crippen MR) is 65.2 cm³/mol. The second kappa shape index (κ2) is 5.71. The summed E-state index contributed by atoms with van der Waals surface area (Å²) in [7, 11) is 0. The monoisotopic (exact) mass is 263 g/mol. The molecule has 19 heavy (non-hydrogen) atoms. The third-order valence-electron chi connectivity index (χ3n) is 3.00. The molecule has 1 aliphatic rings. The minimum atomic E-state index is -1.09. The van der Waals surface area contributed by atoms with Gasteiger partial charge in [-0.2, -0.15) is 0 Å². The Morgan fingerprint density at radius 2 is 2.26 bits per heavy atom. The van der Waals surface area contributed by atoms with Gasteiger partial charge in [0.25, 0.3) is 0 Å². The standard InChI is InChI=1S/C12H13N3O4/c13-15-14-4-3-10(16)11(17)7-1-2-9-8(5-7)6-19-12(9)18/h1-2,5,10-11,16-17H,3-4,6H2.